The lowest BCUT2D eigenvalue weighted by Crippen LogP contribution is -2.15. The van der Waals surface area contributed by atoms with Crippen molar-refractivity contribution in [3.8, 4) is 0 Å². The lowest BCUT2D eigenvalue weighted by atomic mass is 10.3. The summed E-state index contributed by atoms with van der Waals surface area (Å²) in [7, 11) is -4.26. The normalized spacial score (nSPS) is 11.4. The lowest BCUT2D eigenvalue weighted by molar-refractivity contribution is 0.583. The Bertz CT molecular complexity index is 746. The second kappa shape index (κ2) is 5.55. The van der Waals surface area contributed by atoms with E-state index in [1.54, 1.807) is 0 Å². The Labute approximate surface area is 124 Å². The van der Waals surface area contributed by atoms with Crippen LogP contribution in [0.15, 0.2) is 41.3 Å². The van der Waals surface area contributed by atoms with E-state index in [9.17, 15) is 17.2 Å². The van der Waals surface area contributed by atoms with Gasteiger partial charge in [0.15, 0.2) is 0 Å². The average molecular weight is 338 g/mol. The molecule has 0 saturated heterocycles. The fourth-order valence-corrected chi connectivity index (χ4v) is 3.31. The fraction of sp³-hybridized carbons (Fsp3) is 0. The van der Waals surface area contributed by atoms with Crippen molar-refractivity contribution in [2.75, 3.05) is 4.72 Å². The van der Waals surface area contributed by atoms with Gasteiger partial charge in [-0.05, 0) is 30.3 Å². The minimum Gasteiger partial charge on any atom is -0.274 e. The topological polar surface area (TPSA) is 46.2 Å². The van der Waals surface area contributed by atoms with Gasteiger partial charge >= 0.3 is 0 Å². The van der Waals surface area contributed by atoms with E-state index >= 15 is 0 Å². The smallest absolute Gasteiger partial charge is 0.263 e. The predicted molar refractivity (Wildman–Crippen MR) is 73.6 cm³/mol. The van der Waals surface area contributed by atoms with Crippen molar-refractivity contribution in [2.24, 2.45) is 0 Å². The summed E-state index contributed by atoms with van der Waals surface area (Å²) in [6, 6.07) is 6.74. The molecule has 0 radical (unpaired) electrons. The van der Waals surface area contributed by atoms with Crippen LogP contribution in [-0.2, 0) is 10.0 Å². The molecule has 0 spiro atoms. The van der Waals surface area contributed by atoms with Crippen LogP contribution in [0.25, 0.3) is 0 Å². The maximum absolute atomic E-state index is 13.5. The third-order valence-corrected chi connectivity index (χ3v) is 4.45. The van der Waals surface area contributed by atoms with Crippen LogP contribution in [0, 0.1) is 11.6 Å². The van der Waals surface area contributed by atoms with Crippen LogP contribution in [-0.4, -0.2) is 8.42 Å². The summed E-state index contributed by atoms with van der Waals surface area (Å²) in [5, 5.41) is 0.0161. The van der Waals surface area contributed by atoms with Gasteiger partial charge in [-0.3, -0.25) is 4.72 Å². The number of hydrogen-bond acceptors (Lipinski definition) is 2. The molecule has 20 heavy (non-hydrogen) atoms. The van der Waals surface area contributed by atoms with E-state index in [4.69, 9.17) is 23.2 Å². The van der Waals surface area contributed by atoms with Gasteiger partial charge in [0.2, 0.25) is 0 Å². The summed E-state index contributed by atoms with van der Waals surface area (Å²) in [4.78, 5) is -0.366. The van der Waals surface area contributed by atoms with Gasteiger partial charge in [-0.15, -0.1) is 0 Å². The number of benzene rings is 2. The Balaban J connectivity index is 2.49. The molecular formula is C12H7Cl2F2NO2S. The highest BCUT2D eigenvalue weighted by atomic mass is 35.5. The van der Waals surface area contributed by atoms with Crippen LogP contribution < -0.4 is 4.72 Å². The van der Waals surface area contributed by atoms with Gasteiger partial charge in [0.25, 0.3) is 10.0 Å². The quantitative estimate of drug-likeness (QED) is 0.917. The number of rotatable bonds is 3. The first-order valence-electron chi connectivity index (χ1n) is 5.23. The molecule has 0 unspecified atom stereocenters. The Morgan fingerprint density at radius 1 is 1.00 bits per heavy atom. The van der Waals surface area contributed by atoms with Gasteiger partial charge in [0.05, 0.1) is 5.02 Å². The van der Waals surface area contributed by atoms with E-state index in [0.29, 0.717) is 0 Å². The van der Waals surface area contributed by atoms with Gasteiger partial charge in [-0.25, -0.2) is 17.2 Å². The monoisotopic (exact) mass is 337 g/mol. The molecule has 0 heterocycles. The molecule has 0 atom stereocenters. The standard InChI is InChI=1S/C12H7Cl2F2NO2S/c13-7-4-5-8(14)11(6-7)20(18,19)17-12-9(15)2-1-3-10(12)16/h1-6,17H. The zero-order valence-corrected chi connectivity index (χ0v) is 12.0. The van der Waals surface area contributed by atoms with E-state index < -0.39 is 27.3 Å². The van der Waals surface area contributed by atoms with E-state index in [2.05, 4.69) is 0 Å². The molecule has 8 heteroatoms. The van der Waals surface area contributed by atoms with Crippen LogP contribution in [0.1, 0.15) is 0 Å². The van der Waals surface area contributed by atoms with E-state index in [1.165, 1.54) is 12.1 Å². The molecule has 106 valence electrons. The van der Waals surface area contributed by atoms with Gasteiger partial charge in [-0.2, -0.15) is 0 Å². The third-order valence-electron chi connectivity index (χ3n) is 2.38. The molecular weight excluding hydrogens is 331 g/mol. The minimum absolute atomic E-state index is 0.112. The molecule has 2 rings (SSSR count). The second-order valence-corrected chi connectivity index (χ2v) is 6.27. The van der Waals surface area contributed by atoms with Crippen LogP contribution in [0.5, 0.6) is 0 Å². The maximum atomic E-state index is 13.5. The van der Waals surface area contributed by atoms with Crippen LogP contribution >= 0.6 is 23.2 Å². The van der Waals surface area contributed by atoms with Gasteiger partial charge in [-0.1, -0.05) is 29.3 Å². The molecule has 0 saturated carbocycles. The van der Waals surface area contributed by atoms with Gasteiger partial charge < -0.3 is 0 Å². The second-order valence-electron chi connectivity index (χ2n) is 3.78. The lowest BCUT2D eigenvalue weighted by Gasteiger charge is -2.11. The summed E-state index contributed by atoms with van der Waals surface area (Å²) in [5.41, 5.74) is -0.774. The zero-order valence-electron chi connectivity index (χ0n) is 9.70. The van der Waals surface area contributed by atoms with Crippen molar-refractivity contribution in [3.05, 3.63) is 58.1 Å². The number of para-hydroxylation sites is 1. The van der Waals surface area contributed by atoms with E-state index in [1.807, 2.05) is 4.72 Å². The van der Waals surface area contributed by atoms with Gasteiger partial charge in [0.1, 0.15) is 22.2 Å². The highest BCUT2D eigenvalue weighted by Crippen LogP contribution is 2.28. The Morgan fingerprint density at radius 3 is 2.20 bits per heavy atom. The van der Waals surface area contributed by atoms with Crippen LogP contribution in [0.4, 0.5) is 14.5 Å². The number of halogens is 4. The highest BCUT2D eigenvalue weighted by Gasteiger charge is 2.22. The summed E-state index contributed by atoms with van der Waals surface area (Å²) in [6.07, 6.45) is 0. The van der Waals surface area contributed by atoms with Crippen molar-refractivity contribution < 1.29 is 17.2 Å². The first-order chi connectivity index (χ1) is 9.31. The number of sulfonamides is 1. The Hall–Kier alpha value is -1.37. The van der Waals surface area contributed by atoms with E-state index in [-0.39, 0.29) is 14.9 Å². The highest BCUT2D eigenvalue weighted by molar-refractivity contribution is 7.92. The molecule has 0 aliphatic carbocycles. The summed E-state index contributed by atoms with van der Waals surface area (Å²) in [6.45, 7) is 0. The molecule has 3 nitrogen and oxygen atoms in total. The number of anilines is 1. The maximum Gasteiger partial charge on any atom is 0.263 e. The van der Waals surface area contributed by atoms with Crippen LogP contribution in [0.2, 0.25) is 10.0 Å². The average Bonchev–Trinajstić information content (AvgIpc) is 2.37. The molecule has 0 amide bonds. The molecule has 0 aromatic heterocycles. The zero-order chi connectivity index (χ0) is 14.9. The van der Waals surface area contributed by atoms with Crippen molar-refractivity contribution >= 4 is 38.9 Å². The van der Waals surface area contributed by atoms with Gasteiger partial charge in [0, 0.05) is 5.02 Å². The molecule has 0 fully saturated rings. The first-order valence-corrected chi connectivity index (χ1v) is 7.47. The Morgan fingerprint density at radius 2 is 1.60 bits per heavy atom. The number of nitrogens with one attached hydrogen (secondary N) is 1. The third kappa shape index (κ3) is 3.03. The molecule has 2 aromatic rings. The van der Waals surface area contributed by atoms with Crippen molar-refractivity contribution in [1.29, 1.82) is 0 Å². The molecule has 0 aliphatic rings. The van der Waals surface area contributed by atoms with Crippen LogP contribution in [0.3, 0.4) is 0 Å². The summed E-state index contributed by atoms with van der Waals surface area (Å²) < 4.78 is 52.9. The summed E-state index contributed by atoms with van der Waals surface area (Å²) >= 11 is 11.5. The number of hydrogen-bond donors (Lipinski definition) is 1. The largest absolute Gasteiger partial charge is 0.274 e. The first kappa shape index (κ1) is 15.0. The SMILES string of the molecule is O=S(=O)(Nc1c(F)cccc1F)c1cc(Cl)ccc1Cl. The molecule has 0 bridgehead atoms. The van der Waals surface area contributed by atoms with E-state index in [0.717, 1.165) is 24.3 Å². The van der Waals surface area contributed by atoms with Crippen molar-refractivity contribution in [1.82, 2.24) is 0 Å². The van der Waals surface area contributed by atoms with Crippen molar-refractivity contribution in [3.63, 3.8) is 0 Å². The molecule has 2 aromatic carbocycles. The molecule has 1 N–H and O–H groups in total. The Kier molecular flexibility index (Phi) is 4.17. The minimum atomic E-state index is -4.26. The van der Waals surface area contributed by atoms with Crippen molar-refractivity contribution in [2.45, 2.75) is 4.90 Å². The molecule has 0 aliphatic heterocycles. The fourth-order valence-electron chi connectivity index (χ4n) is 1.47. The summed E-state index contributed by atoms with van der Waals surface area (Å²) in [5.74, 6) is -2.07. The predicted octanol–water partition coefficient (Wildman–Crippen LogP) is 4.07.